The predicted octanol–water partition coefficient (Wildman–Crippen LogP) is 1.57. The molecular formula is C9H12Cl2N4. The molecule has 0 saturated heterocycles. The molecule has 0 aliphatic rings. The van der Waals surface area contributed by atoms with Gasteiger partial charge in [-0.2, -0.15) is 5.10 Å². The van der Waals surface area contributed by atoms with Gasteiger partial charge in [-0.1, -0.05) is 0 Å². The highest BCUT2D eigenvalue weighted by Gasteiger charge is 2.02. The molecule has 0 aliphatic heterocycles. The molecule has 0 aliphatic carbocycles. The van der Waals surface area contributed by atoms with Crippen LogP contribution in [0.1, 0.15) is 5.69 Å². The molecule has 0 bridgehead atoms. The summed E-state index contributed by atoms with van der Waals surface area (Å²) in [5.74, 6) is 0. The normalized spacial score (nSPS) is 8.87. The average molecular weight is 247 g/mol. The van der Waals surface area contributed by atoms with Crippen molar-refractivity contribution in [3.8, 4) is 5.69 Å². The molecule has 0 fully saturated rings. The Morgan fingerprint density at radius 3 is 2.60 bits per heavy atom. The summed E-state index contributed by atoms with van der Waals surface area (Å²) in [5, 5.41) is 4.12. The molecule has 2 aromatic rings. The first-order chi connectivity index (χ1) is 6.42. The Morgan fingerprint density at radius 1 is 1.20 bits per heavy atom. The number of nitrogens with zero attached hydrogens (tertiary/aromatic N) is 3. The highest BCUT2D eigenvalue weighted by Crippen LogP contribution is 2.09. The fraction of sp³-hybridized carbons (Fsp3) is 0.111. The van der Waals surface area contributed by atoms with Gasteiger partial charge >= 0.3 is 0 Å². The van der Waals surface area contributed by atoms with Crippen molar-refractivity contribution in [2.75, 3.05) is 0 Å². The lowest BCUT2D eigenvalue weighted by molar-refractivity contribution is 0.839. The molecule has 0 saturated carbocycles. The van der Waals surface area contributed by atoms with Crippen molar-refractivity contribution in [3.05, 3.63) is 42.5 Å². The van der Waals surface area contributed by atoms with E-state index >= 15 is 0 Å². The second-order valence-electron chi connectivity index (χ2n) is 2.62. The summed E-state index contributed by atoms with van der Waals surface area (Å²) in [7, 11) is 0. The SMILES string of the molecule is Cl.Cl.NCc1ncccc1-n1cccn1. The molecule has 4 nitrogen and oxygen atoms in total. The van der Waals surface area contributed by atoms with E-state index in [2.05, 4.69) is 10.1 Å². The third kappa shape index (κ3) is 2.92. The van der Waals surface area contributed by atoms with Gasteiger partial charge < -0.3 is 5.73 Å². The van der Waals surface area contributed by atoms with Crippen molar-refractivity contribution >= 4 is 24.8 Å². The number of pyridine rings is 1. The Balaban J connectivity index is 0.000000980. The van der Waals surface area contributed by atoms with Gasteiger partial charge in [0.15, 0.2) is 0 Å². The molecule has 6 heteroatoms. The van der Waals surface area contributed by atoms with Crippen LogP contribution in [0.5, 0.6) is 0 Å². The van der Waals surface area contributed by atoms with E-state index in [1.807, 2.05) is 24.4 Å². The fourth-order valence-electron chi connectivity index (χ4n) is 1.21. The third-order valence-corrected chi connectivity index (χ3v) is 1.81. The molecule has 0 atom stereocenters. The summed E-state index contributed by atoms with van der Waals surface area (Å²) in [6, 6.07) is 5.69. The quantitative estimate of drug-likeness (QED) is 0.876. The van der Waals surface area contributed by atoms with Crippen LogP contribution in [-0.2, 0) is 6.54 Å². The zero-order valence-corrected chi connectivity index (χ0v) is 9.54. The molecule has 0 radical (unpaired) electrons. The lowest BCUT2D eigenvalue weighted by atomic mass is 10.3. The minimum atomic E-state index is 0. The van der Waals surface area contributed by atoms with Crippen molar-refractivity contribution in [2.24, 2.45) is 5.73 Å². The second kappa shape index (κ2) is 6.40. The van der Waals surface area contributed by atoms with E-state index in [4.69, 9.17) is 5.73 Å². The van der Waals surface area contributed by atoms with E-state index in [0.717, 1.165) is 11.4 Å². The number of hydrogen-bond acceptors (Lipinski definition) is 3. The number of halogens is 2. The van der Waals surface area contributed by atoms with Gasteiger partial charge in [-0.05, 0) is 18.2 Å². The Bertz CT molecular complexity index is 389. The van der Waals surface area contributed by atoms with Crippen LogP contribution < -0.4 is 5.73 Å². The van der Waals surface area contributed by atoms with E-state index in [-0.39, 0.29) is 24.8 Å². The molecular weight excluding hydrogens is 235 g/mol. The summed E-state index contributed by atoms with van der Waals surface area (Å²) < 4.78 is 1.76. The minimum Gasteiger partial charge on any atom is -0.325 e. The van der Waals surface area contributed by atoms with Crippen molar-refractivity contribution in [1.29, 1.82) is 0 Å². The smallest absolute Gasteiger partial charge is 0.0874 e. The number of aromatic nitrogens is 3. The van der Waals surface area contributed by atoms with Gasteiger partial charge in [0, 0.05) is 25.1 Å². The number of nitrogens with two attached hydrogens (primary N) is 1. The largest absolute Gasteiger partial charge is 0.325 e. The second-order valence-corrected chi connectivity index (χ2v) is 2.62. The first kappa shape index (κ1) is 13.9. The fourth-order valence-corrected chi connectivity index (χ4v) is 1.21. The maximum absolute atomic E-state index is 5.55. The van der Waals surface area contributed by atoms with Gasteiger partial charge in [0.1, 0.15) is 0 Å². The summed E-state index contributed by atoms with van der Waals surface area (Å²) in [6.45, 7) is 0.427. The first-order valence-electron chi connectivity index (χ1n) is 4.06. The van der Waals surface area contributed by atoms with E-state index in [1.165, 1.54) is 0 Å². The van der Waals surface area contributed by atoms with Crippen LogP contribution in [0.2, 0.25) is 0 Å². The van der Waals surface area contributed by atoms with Crippen LogP contribution in [0.15, 0.2) is 36.8 Å². The molecule has 15 heavy (non-hydrogen) atoms. The molecule has 0 aromatic carbocycles. The average Bonchev–Trinajstić information content (AvgIpc) is 2.70. The van der Waals surface area contributed by atoms with Crippen molar-refractivity contribution in [2.45, 2.75) is 6.54 Å². The summed E-state index contributed by atoms with van der Waals surface area (Å²) in [4.78, 5) is 4.17. The Hall–Kier alpha value is -1.10. The lowest BCUT2D eigenvalue weighted by Crippen LogP contribution is -2.06. The Labute approximate surface area is 100 Å². The molecule has 2 aromatic heterocycles. The van der Waals surface area contributed by atoms with Crippen LogP contribution in [0, 0.1) is 0 Å². The standard InChI is InChI=1S/C9H10N4.2ClH/c10-7-8-9(3-1-4-11-8)13-6-2-5-12-13;;/h1-6H,7,10H2;2*1H. The summed E-state index contributed by atoms with van der Waals surface area (Å²) in [5.41, 5.74) is 7.35. The van der Waals surface area contributed by atoms with Crippen LogP contribution in [0.3, 0.4) is 0 Å². The molecule has 2 N–H and O–H groups in total. The van der Waals surface area contributed by atoms with Crippen LogP contribution >= 0.6 is 24.8 Å². The Morgan fingerprint density at radius 2 is 2.00 bits per heavy atom. The molecule has 2 rings (SSSR count). The van der Waals surface area contributed by atoms with Gasteiger partial charge in [0.25, 0.3) is 0 Å². The molecule has 0 amide bonds. The molecule has 82 valence electrons. The third-order valence-electron chi connectivity index (χ3n) is 1.81. The molecule has 0 spiro atoms. The van der Waals surface area contributed by atoms with Gasteiger partial charge in [-0.3, -0.25) is 4.98 Å². The topological polar surface area (TPSA) is 56.7 Å². The maximum Gasteiger partial charge on any atom is 0.0874 e. The van der Waals surface area contributed by atoms with Gasteiger partial charge in [0.2, 0.25) is 0 Å². The van der Waals surface area contributed by atoms with E-state index in [0.29, 0.717) is 6.54 Å². The summed E-state index contributed by atoms with van der Waals surface area (Å²) in [6.07, 6.45) is 5.33. The first-order valence-corrected chi connectivity index (χ1v) is 4.06. The van der Waals surface area contributed by atoms with Gasteiger partial charge in [-0.15, -0.1) is 24.8 Å². The zero-order chi connectivity index (χ0) is 9.10. The van der Waals surface area contributed by atoms with Gasteiger partial charge in [-0.25, -0.2) is 4.68 Å². The zero-order valence-electron chi connectivity index (χ0n) is 7.91. The van der Waals surface area contributed by atoms with Gasteiger partial charge in [0.05, 0.1) is 11.4 Å². The van der Waals surface area contributed by atoms with Crippen LogP contribution in [-0.4, -0.2) is 14.8 Å². The number of rotatable bonds is 2. The van der Waals surface area contributed by atoms with E-state index < -0.39 is 0 Å². The monoisotopic (exact) mass is 246 g/mol. The highest BCUT2D eigenvalue weighted by atomic mass is 35.5. The van der Waals surface area contributed by atoms with E-state index in [9.17, 15) is 0 Å². The summed E-state index contributed by atoms with van der Waals surface area (Å²) >= 11 is 0. The van der Waals surface area contributed by atoms with E-state index in [1.54, 1.807) is 17.1 Å². The predicted molar refractivity (Wildman–Crippen MR) is 63.7 cm³/mol. The Kier molecular flexibility index (Phi) is 5.93. The van der Waals surface area contributed by atoms with Crippen molar-refractivity contribution in [3.63, 3.8) is 0 Å². The van der Waals surface area contributed by atoms with Crippen LogP contribution in [0.4, 0.5) is 0 Å². The number of hydrogen-bond donors (Lipinski definition) is 1. The van der Waals surface area contributed by atoms with Crippen molar-refractivity contribution < 1.29 is 0 Å². The maximum atomic E-state index is 5.55. The lowest BCUT2D eigenvalue weighted by Gasteiger charge is -2.05. The van der Waals surface area contributed by atoms with Crippen LogP contribution in [0.25, 0.3) is 5.69 Å². The molecule has 0 unspecified atom stereocenters. The van der Waals surface area contributed by atoms with Crippen molar-refractivity contribution in [1.82, 2.24) is 14.8 Å². The molecule has 2 heterocycles. The minimum absolute atomic E-state index is 0. The highest BCUT2D eigenvalue weighted by molar-refractivity contribution is 5.85.